The van der Waals surface area contributed by atoms with Gasteiger partial charge in [-0.3, -0.25) is 0 Å². The van der Waals surface area contributed by atoms with E-state index in [-0.39, 0.29) is 9.92 Å². The highest BCUT2D eigenvalue weighted by atomic mass is 32.2. The molecule has 6 heteroatoms. The van der Waals surface area contributed by atoms with Crippen molar-refractivity contribution in [1.29, 1.82) is 0 Å². The minimum atomic E-state index is -3.74. The van der Waals surface area contributed by atoms with Crippen LogP contribution in [0.2, 0.25) is 0 Å². The van der Waals surface area contributed by atoms with Gasteiger partial charge in [-0.2, -0.15) is 0 Å². The number of sulfone groups is 1. The molecule has 1 aliphatic heterocycles. The van der Waals surface area contributed by atoms with Crippen molar-refractivity contribution in [3.05, 3.63) is 54.6 Å². The molecule has 0 saturated carbocycles. The zero-order valence-corrected chi connectivity index (χ0v) is 15.5. The van der Waals surface area contributed by atoms with E-state index in [4.69, 9.17) is 4.98 Å². The Labute approximate surface area is 153 Å². The SMILES string of the molecule is CC1CCCN(c2nc3ccccc3nc2S(=O)(=O)c2ccccc2)C1. The Morgan fingerprint density at radius 2 is 1.62 bits per heavy atom. The summed E-state index contributed by atoms with van der Waals surface area (Å²) in [5, 5.41) is 0.0523. The molecule has 3 aromatic rings. The van der Waals surface area contributed by atoms with Crippen LogP contribution < -0.4 is 4.90 Å². The number of para-hydroxylation sites is 2. The van der Waals surface area contributed by atoms with Gasteiger partial charge in [0, 0.05) is 13.1 Å². The lowest BCUT2D eigenvalue weighted by atomic mass is 10.0. The van der Waals surface area contributed by atoms with E-state index in [0.717, 1.165) is 25.9 Å². The second kappa shape index (κ2) is 6.68. The van der Waals surface area contributed by atoms with E-state index in [0.29, 0.717) is 22.8 Å². The zero-order chi connectivity index (χ0) is 18.1. The van der Waals surface area contributed by atoms with E-state index in [1.54, 1.807) is 36.4 Å². The van der Waals surface area contributed by atoms with E-state index in [1.807, 2.05) is 18.2 Å². The predicted octanol–water partition coefficient (Wildman–Crippen LogP) is 3.70. The third-order valence-electron chi connectivity index (χ3n) is 4.79. The lowest BCUT2D eigenvalue weighted by Crippen LogP contribution is -2.36. The van der Waals surface area contributed by atoms with Gasteiger partial charge in [-0.05, 0) is 43.0 Å². The number of anilines is 1. The van der Waals surface area contributed by atoms with Gasteiger partial charge in [0.05, 0.1) is 15.9 Å². The molecule has 2 aromatic carbocycles. The molecule has 0 spiro atoms. The minimum absolute atomic E-state index is 0.0523. The summed E-state index contributed by atoms with van der Waals surface area (Å²) < 4.78 is 26.6. The average Bonchev–Trinajstić information content (AvgIpc) is 2.67. The molecule has 134 valence electrons. The average molecular weight is 367 g/mol. The molecule has 5 nitrogen and oxygen atoms in total. The second-order valence-corrected chi connectivity index (χ2v) is 8.72. The van der Waals surface area contributed by atoms with E-state index in [2.05, 4.69) is 16.8 Å². The van der Waals surface area contributed by atoms with Crippen molar-refractivity contribution in [1.82, 2.24) is 9.97 Å². The summed E-state index contributed by atoms with van der Waals surface area (Å²) in [5.74, 6) is 0.975. The largest absolute Gasteiger partial charge is 0.354 e. The van der Waals surface area contributed by atoms with Gasteiger partial charge in [0.2, 0.25) is 14.9 Å². The van der Waals surface area contributed by atoms with Gasteiger partial charge < -0.3 is 4.90 Å². The van der Waals surface area contributed by atoms with Crippen molar-refractivity contribution in [2.75, 3.05) is 18.0 Å². The lowest BCUT2D eigenvalue weighted by molar-refractivity contribution is 0.442. The summed E-state index contributed by atoms with van der Waals surface area (Å²) in [6.07, 6.45) is 2.18. The van der Waals surface area contributed by atoms with Gasteiger partial charge in [-0.25, -0.2) is 18.4 Å². The zero-order valence-electron chi connectivity index (χ0n) is 14.7. The summed E-state index contributed by atoms with van der Waals surface area (Å²) in [6.45, 7) is 3.78. The monoisotopic (exact) mass is 367 g/mol. The topological polar surface area (TPSA) is 63.2 Å². The third kappa shape index (κ3) is 3.05. The van der Waals surface area contributed by atoms with Gasteiger partial charge in [-0.15, -0.1) is 0 Å². The summed E-state index contributed by atoms with van der Waals surface area (Å²) in [5.41, 5.74) is 1.31. The fourth-order valence-corrected chi connectivity index (χ4v) is 4.83. The quantitative estimate of drug-likeness (QED) is 0.706. The number of hydrogen-bond acceptors (Lipinski definition) is 5. The van der Waals surface area contributed by atoms with Gasteiger partial charge >= 0.3 is 0 Å². The molecule has 4 rings (SSSR count). The normalized spacial score (nSPS) is 18.2. The first kappa shape index (κ1) is 17.0. The fourth-order valence-electron chi connectivity index (χ4n) is 3.45. The molecule has 1 fully saturated rings. The van der Waals surface area contributed by atoms with Crippen molar-refractivity contribution in [2.45, 2.75) is 29.7 Å². The number of aromatic nitrogens is 2. The van der Waals surface area contributed by atoms with E-state index >= 15 is 0 Å². The van der Waals surface area contributed by atoms with Crippen LogP contribution in [-0.2, 0) is 9.84 Å². The molecule has 0 N–H and O–H groups in total. The number of piperidine rings is 1. The molecule has 0 amide bonds. The van der Waals surface area contributed by atoms with Crippen molar-refractivity contribution in [3.63, 3.8) is 0 Å². The van der Waals surface area contributed by atoms with E-state index < -0.39 is 9.84 Å². The van der Waals surface area contributed by atoms with Crippen LogP contribution in [0.5, 0.6) is 0 Å². The van der Waals surface area contributed by atoms with Crippen LogP contribution >= 0.6 is 0 Å². The minimum Gasteiger partial charge on any atom is -0.354 e. The highest BCUT2D eigenvalue weighted by Crippen LogP contribution is 2.31. The first-order chi connectivity index (χ1) is 12.6. The first-order valence-electron chi connectivity index (χ1n) is 8.87. The number of rotatable bonds is 3. The van der Waals surface area contributed by atoms with Crippen molar-refractivity contribution in [3.8, 4) is 0 Å². The maximum atomic E-state index is 13.3. The number of nitrogens with zero attached hydrogens (tertiary/aromatic N) is 3. The van der Waals surface area contributed by atoms with Crippen LogP contribution in [0.15, 0.2) is 64.5 Å². The maximum absolute atomic E-state index is 13.3. The number of hydrogen-bond donors (Lipinski definition) is 0. The van der Waals surface area contributed by atoms with Crippen LogP contribution in [-0.4, -0.2) is 31.5 Å². The Balaban J connectivity index is 1.93. The molecule has 2 heterocycles. The second-order valence-electron chi connectivity index (χ2n) is 6.85. The van der Waals surface area contributed by atoms with E-state index in [1.165, 1.54) is 0 Å². The first-order valence-corrected chi connectivity index (χ1v) is 10.4. The van der Waals surface area contributed by atoms with Gasteiger partial charge in [0.15, 0.2) is 5.82 Å². The van der Waals surface area contributed by atoms with E-state index in [9.17, 15) is 8.42 Å². The lowest BCUT2D eigenvalue weighted by Gasteiger charge is -2.32. The predicted molar refractivity (Wildman–Crippen MR) is 102 cm³/mol. The molecule has 26 heavy (non-hydrogen) atoms. The Hall–Kier alpha value is -2.47. The molecule has 1 aliphatic rings. The molecular formula is C20H21N3O2S. The van der Waals surface area contributed by atoms with Crippen LogP contribution in [0.1, 0.15) is 19.8 Å². The maximum Gasteiger partial charge on any atom is 0.227 e. The van der Waals surface area contributed by atoms with Gasteiger partial charge in [0.1, 0.15) is 0 Å². The summed E-state index contributed by atoms with van der Waals surface area (Å²) in [7, 11) is -3.74. The smallest absolute Gasteiger partial charge is 0.227 e. The number of benzene rings is 2. The highest BCUT2D eigenvalue weighted by molar-refractivity contribution is 7.91. The molecule has 1 unspecified atom stereocenters. The Morgan fingerprint density at radius 1 is 0.962 bits per heavy atom. The fraction of sp³-hybridized carbons (Fsp3) is 0.300. The van der Waals surface area contributed by atoms with Gasteiger partial charge in [-0.1, -0.05) is 37.3 Å². The third-order valence-corrected chi connectivity index (χ3v) is 6.46. The van der Waals surface area contributed by atoms with Crippen LogP contribution in [0.3, 0.4) is 0 Å². The van der Waals surface area contributed by atoms with Crippen LogP contribution in [0.4, 0.5) is 5.82 Å². The van der Waals surface area contributed by atoms with Crippen LogP contribution in [0, 0.1) is 5.92 Å². The standard InChI is InChI=1S/C20H21N3O2S/c1-15-8-7-13-23(14-15)19-20(22-18-12-6-5-11-17(18)21-19)26(24,25)16-9-3-2-4-10-16/h2-6,9-12,15H,7-8,13-14H2,1H3. The molecule has 0 radical (unpaired) electrons. The number of fused-ring (bicyclic) bond motifs is 1. The molecule has 0 aliphatic carbocycles. The summed E-state index contributed by atoms with van der Waals surface area (Å²) in [4.78, 5) is 11.6. The summed E-state index contributed by atoms with van der Waals surface area (Å²) in [6, 6.07) is 15.9. The van der Waals surface area contributed by atoms with Gasteiger partial charge in [0.25, 0.3) is 0 Å². The van der Waals surface area contributed by atoms with Crippen molar-refractivity contribution >= 4 is 26.7 Å². The highest BCUT2D eigenvalue weighted by Gasteiger charge is 2.29. The Bertz CT molecular complexity index is 1040. The Morgan fingerprint density at radius 3 is 2.31 bits per heavy atom. The molecule has 1 aromatic heterocycles. The van der Waals surface area contributed by atoms with Crippen LogP contribution in [0.25, 0.3) is 11.0 Å². The molecular weight excluding hydrogens is 346 g/mol. The molecule has 0 bridgehead atoms. The summed E-state index contributed by atoms with van der Waals surface area (Å²) >= 11 is 0. The Kier molecular flexibility index (Phi) is 4.36. The molecule has 1 atom stereocenters. The van der Waals surface area contributed by atoms with Crippen molar-refractivity contribution < 1.29 is 8.42 Å². The molecule has 1 saturated heterocycles. The van der Waals surface area contributed by atoms with Crippen molar-refractivity contribution in [2.24, 2.45) is 5.92 Å².